The van der Waals surface area contributed by atoms with Gasteiger partial charge in [-0.3, -0.25) is 4.79 Å². The summed E-state index contributed by atoms with van der Waals surface area (Å²) in [6, 6.07) is 5.98. The zero-order valence-electron chi connectivity index (χ0n) is 13.4. The highest BCUT2D eigenvalue weighted by atomic mass is 32.2. The van der Waals surface area contributed by atoms with E-state index in [9.17, 15) is 13.2 Å². The van der Waals surface area contributed by atoms with Crippen molar-refractivity contribution in [3.05, 3.63) is 29.3 Å². The number of hydrogen-bond donors (Lipinski definition) is 1. The molecule has 1 unspecified atom stereocenters. The Hall–Kier alpha value is -1.56. The fourth-order valence-corrected chi connectivity index (χ4v) is 4.55. The van der Waals surface area contributed by atoms with E-state index in [2.05, 4.69) is 11.4 Å². The molecule has 1 atom stereocenters. The number of carbonyl (C=O) groups excluding carboxylic acids is 1. The highest BCUT2D eigenvalue weighted by molar-refractivity contribution is 7.91. The van der Waals surface area contributed by atoms with Crippen LogP contribution in [0.3, 0.4) is 0 Å². The lowest BCUT2D eigenvalue weighted by atomic mass is 10.1. The van der Waals surface area contributed by atoms with E-state index < -0.39 is 9.84 Å². The molecule has 0 saturated carbocycles. The molecule has 22 heavy (non-hydrogen) atoms. The lowest BCUT2D eigenvalue weighted by Gasteiger charge is -2.23. The molecule has 1 amide bonds. The number of nitrogens with zero attached hydrogens (tertiary/aromatic N) is 1. The van der Waals surface area contributed by atoms with E-state index in [1.807, 2.05) is 26.0 Å². The summed E-state index contributed by atoms with van der Waals surface area (Å²) in [5.41, 5.74) is 3.40. The first-order valence-electron chi connectivity index (χ1n) is 7.56. The second-order valence-corrected chi connectivity index (χ2v) is 8.29. The van der Waals surface area contributed by atoms with Gasteiger partial charge in [-0.1, -0.05) is 17.7 Å². The van der Waals surface area contributed by atoms with Gasteiger partial charge in [-0.15, -0.1) is 0 Å². The number of amides is 1. The second kappa shape index (κ2) is 6.69. The first-order chi connectivity index (χ1) is 10.3. The maximum Gasteiger partial charge on any atom is 0.224 e. The predicted octanol–water partition coefficient (Wildman–Crippen LogP) is 1.75. The number of aryl methyl sites for hydroxylation is 2. The van der Waals surface area contributed by atoms with Crippen LogP contribution in [-0.4, -0.2) is 50.4 Å². The lowest BCUT2D eigenvalue weighted by Crippen LogP contribution is -2.38. The lowest BCUT2D eigenvalue weighted by molar-refractivity contribution is -0.131. The van der Waals surface area contributed by atoms with Crippen LogP contribution in [0.5, 0.6) is 0 Å². The minimum atomic E-state index is -2.96. The van der Waals surface area contributed by atoms with Crippen LogP contribution in [0.2, 0.25) is 0 Å². The summed E-state index contributed by atoms with van der Waals surface area (Å²) in [4.78, 5) is 13.8. The molecule has 5 nitrogen and oxygen atoms in total. The molecule has 0 spiro atoms. The SMILES string of the molecule is Cc1ccc(NCCC(=O)N(C)C2CCS(=O)(=O)C2)c(C)c1. The highest BCUT2D eigenvalue weighted by Crippen LogP contribution is 2.18. The van der Waals surface area contributed by atoms with Gasteiger partial charge in [-0.2, -0.15) is 0 Å². The van der Waals surface area contributed by atoms with Gasteiger partial charge in [0.1, 0.15) is 0 Å². The van der Waals surface area contributed by atoms with Crippen LogP contribution in [-0.2, 0) is 14.6 Å². The Balaban J connectivity index is 1.82. The number of hydrogen-bond acceptors (Lipinski definition) is 4. The maximum absolute atomic E-state index is 12.2. The highest BCUT2D eigenvalue weighted by Gasteiger charge is 2.32. The van der Waals surface area contributed by atoms with Crippen molar-refractivity contribution in [2.45, 2.75) is 32.7 Å². The van der Waals surface area contributed by atoms with Gasteiger partial charge in [0, 0.05) is 31.7 Å². The minimum Gasteiger partial charge on any atom is -0.384 e. The van der Waals surface area contributed by atoms with E-state index in [0.29, 0.717) is 19.4 Å². The van der Waals surface area contributed by atoms with E-state index in [1.165, 1.54) is 5.56 Å². The van der Waals surface area contributed by atoms with Crippen molar-refractivity contribution in [2.24, 2.45) is 0 Å². The largest absolute Gasteiger partial charge is 0.384 e. The number of nitrogens with one attached hydrogen (secondary N) is 1. The minimum absolute atomic E-state index is 0.0145. The van der Waals surface area contributed by atoms with Crippen molar-refractivity contribution in [2.75, 3.05) is 30.4 Å². The van der Waals surface area contributed by atoms with Gasteiger partial charge in [0.2, 0.25) is 5.91 Å². The summed E-state index contributed by atoms with van der Waals surface area (Å²) in [6.45, 7) is 4.63. The summed E-state index contributed by atoms with van der Waals surface area (Å²) in [7, 11) is -1.26. The molecule has 2 rings (SSSR count). The third kappa shape index (κ3) is 4.22. The van der Waals surface area contributed by atoms with Crippen LogP contribution in [0.4, 0.5) is 5.69 Å². The number of anilines is 1. The van der Waals surface area contributed by atoms with Crippen LogP contribution < -0.4 is 5.32 Å². The molecule has 1 aromatic rings. The molecule has 6 heteroatoms. The average molecular weight is 324 g/mol. The van der Waals surface area contributed by atoms with E-state index >= 15 is 0 Å². The van der Waals surface area contributed by atoms with E-state index in [1.54, 1.807) is 11.9 Å². The summed E-state index contributed by atoms with van der Waals surface area (Å²) in [5, 5.41) is 3.27. The number of rotatable bonds is 5. The van der Waals surface area contributed by atoms with E-state index in [-0.39, 0.29) is 23.5 Å². The molecule has 1 fully saturated rings. The molecule has 0 aromatic heterocycles. The van der Waals surface area contributed by atoms with Crippen molar-refractivity contribution < 1.29 is 13.2 Å². The monoisotopic (exact) mass is 324 g/mol. The molecule has 1 saturated heterocycles. The molecular weight excluding hydrogens is 300 g/mol. The Kier molecular flexibility index (Phi) is 5.11. The molecule has 122 valence electrons. The topological polar surface area (TPSA) is 66.5 Å². The van der Waals surface area contributed by atoms with Crippen LogP contribution >= 0.6 is 0 Å². The van der Waals surface area contributed by atoms with Crippen molar-refractivity contribution >= 4 is 21.4 Å². The molecule has 0 bridgehead atoms. The smallest absolute Gasteiger partial charge is 0.224 e. The third-order valence-electron chi connectivity index (χ3n) is 4.19. The van der Waals surface area contributed by atoms with Gasteiger partial charge in [0.05, 0.1) is 11.5 Å². The van der Waals surface area contributed by atoms with Crippen molar-refractivity contribution in [3.8, 4) is 0 Å². The number of sulfone groups is 1. The molecule has 1 aromatic carbocycles. The molecule has 1 heterocycles. The average Bonchev–Trinajstić information content (AvgIpc) is 2.80. The normalized spacial score (nSPS) is 19.9. The van der Waals surface area contributed by atoms with E-state index in [4.69, 9.17) is 0 Å². The van der Waals surface area contributed by atoms with Crippen molar-refractivity contribution in [1.29, 1.82) is 0 Å². The van der Waals surface area contributed by atoms with Crippen LogP contribution in [0.1, 0.15) is 24.0 Å². The fraction of sp³-hybridized carbons (Fsp3) is 0.562. The Morgan fingerprint density at radius 1 is 1.36 bits per heavy atom. The summed E-state index contributed by atoms with van der Waals surface area (Å²) >= 11 is 0. The zero-order chi connectivity index (χ0) is 16.3. The molecule has 0 radical (unpaired) electrons. The first-order valence-corrected chi connectivity index (χ1v) is 9.38. The van der Waals surface area contributed by atoms with Crippen LogP contribution in [0.25, 0.3) is 0 Å². The second-order valence-electron chi connectivity index (χ2n) is 6.06. The van der Waals surface area contributed by atoms with Gasteiger partial charge in [0.25, 0.3) is 0 Å². The molecule has 1 aliphatic heterocycles. The Bertz CT molecular complexity index is 655. The van der Waals surface area contributed by atoms with Gasteiger partial charge >= 0.3 is 0 Å². The van der Waals surface area contributed by atoms with Crippen LogP contribution in [0, 0.1) is 13.8 Å². The van der Waals surface area contributed by atoms with Crippen molar-refractivity contribution in [1.82, 2.24) is 4.90 Å². The number of benzene rings is 1. The van der Waals surface area contributed by atoms with E-state index in [0.717, 1.165) is 11.3 Å². The quantitative estimate of drug-likeness (QED) is 0.896. The predicted molar refractivity (Wildman–Crippen MR) is 88.9 cm³/mol. The Morgan fingerprint density at radius 2 is 2.09 bits per heavy atom. The fourth-order valence-electron chi connectivity index (χ4n) is 2.78. The van der Waals surface area contributed by atoms with Gasteiger partial charge in [0.15, 0.2) is 9.84 Å². The summed E-state index contributed by atoms with van der Waals surface area (Å²) in [6.07, 6.45) is 0.912. The number of carbonyl (C=O) groups is 1. The standard InChI is InChI=1S/C16H24N2O3S/c1-12-4-5-15(13(2)10-12)17-8-6-16(19)18(3)14-7-9-22(20,21)11-14/h4-5,10,14,17H,6-9,11H2,1-3H3. The maximum atomic E-state index is 12.2. The third-order valence-corrected chi connectivity index (χ3v) is 5.94. The Morgan fingerprint density at radius 3 is 2.68 bits per heavy atom. The van der Waals surface area contributed by atoms with Crippen molar-refractivity contribution in [3.63, 3.8) is 0 Å². The molecular formula is C16H24N2O3S. The van der Waals surface area contributed by atoms with Gasteiger partial charge in [-0.05, 0) is 31.9 Å². The zero-order valence-corrected chi connectivity index (χ0v) is 14.2. The summed E-state index contributed by atoms with van der Waals surface area (Å²) in [5.74, 6) is 0.273. The Labute approximate surface area is 132 Å². The van der Waals surface area contributed by atoms with Gasteiger partial charge < -0.3 is 10.2 Å². The molecule has 0 aliphatic carbocycles. The van der Waals surface area contributed by atoms with Crippen LogP contribution in [0.15, 0.2) is 18.2 Å². The molecule has 1 aliphatic rings. The molecule has 1 N–H and O–H groups in total. The summed E-state index contributed by atoms with van der Waals surface area (Å²) < 4.78 is 23.0. The van der Waals surface area contributed by atoms with Gasteiger partial charge in [-0.25, -0.2) is 8.42 Å². The first kappa shape index (κ1) is 16.8.